The molecule has 1 aromatic heterocycles. The Balaban J connectivity index is 1.84. The molecule has 0 radical (unpaired) electrons. The zero-order valence-corrected chi connectivity index (χ0v) is 11.8. The van der Waals surface area contributed by atoms with Gasteiger partial charge in [-0.15, -0.1) is 0 Å². The number of nitrogens with zero attached hydrogens (tertiary/aromatic N) is 1. The van der Waals surface area contributed by atoms with Crippen LogP contribution in [-0.4, -0.2) is 17.6 Å². The number of nitrogens with one attached hydrogen (secondary N) is 1. The van der Waals surface area contributed by atoms with Crippen LogP contribution in [-0.2, 0) is 0 Å². The van der Waals surface area contributed by atoms with Gasteiger partial charge in [-0.05, 0) is 42.2 Å². The first-order valence-electron chi connectivity index (χ1n) is 7.31. The predicted molar refractivity (Wildman–Crippen MR) is 80.3 cm³/mol. The van der Waals surface area contributed by atoms with Gasteiger partial charge >= 0.3 is 0 Å². The van der Waals surface area contributed by atoms with Crippen molar-refractivity contribution in [3.05, 3.63) is 42.2 Å². The summed E-state index contributed by atoms with van der Waals surface area (Å²) in [7, 11) is 0. The van der Waals surface area contributed by atoms with E-state index in [1.165, 1.54) is 29.2 Å². The molecule has 0 amide bonds. The standard InChI is InChI=1S/C17H22N2/c1-12(2)19-10-14-7-8-16(14)17-11-18-9-13-5-3-4-6-15(13)17/h3-6,9,11-12,14,16,19H,7-8,10H2,1-2H3. The van der Waals surface area contributed by atoms with Gasteiger partial charge in [0.2, 0.25) is 0 Å². The topological polar surface area (TPSA) is 24.9 Å². The minimum absolute atomic E-state index is 0.576. The minimum Gasteiger partial charge on any atom is -0.314 e. The van der Waals surface area contributed by atoms with Gasteiger partial charge in [-0.3, -0.25) is 4.98 Å². The van der Waals surface area contributed by atoms with Gasteiger partial charge in [0.1, 0.15) is 0 Å². The van der Waals surface area contributed by atoms with Gasteiger partial charge in [0.15, 0.2) is 0 Å². The zero-order chi connectivity index (χ0) is 13.2. The Kier molecular flexibility index (Phi) is 3.52. The maximum Gasteiger partial charge on any atom is 0.0346 e. The summed E-state index contributed by atoms with van der Waals surface area (Å²) >= 11 is 0. The number of benzene rings is 1. The average Bonchev–Trinajstić information content (AvgIpc) is 2.38. The second kappa shape index (κ2) is 5.30. The van der Waals surface area contributed by atoms with Gasteiger partial charge in [-0.1, -0.05) is 38.1 Å². The van der Waals surface area contributed by atoms with Crippen LogP contribution in [0.15, 0.2) is 36.7 Å². The summed E-state index contributed by atoms with van der Waals surface area (Å²) in [5, 5.41) is 6.23. The first-order valence-corrected chi connectivity index (χ1v) is 7.31. The molecular formula is C17H22N2. The van der Waals surface area contributed by atoms with Gasteiger partial charge in [0.25, 0.3) is 0 Å². The fraction of sp³-hybridized carbons (Fsp3) is 0.471. The maximum atomic E-state index is 4.43. The summed E-state index contributed by atoms with van der Waals surface area (Å²) in [5.74, 6) is 1.46. The third-order valence-electron chi connectivity index (χ3n) is 4.30. The molecule has 2 aromatic rings. The highest BCUT2D eigenvalue weighted by molar-refractivity contribution is 5.85. The Morgan fingerprint density at radius 1 is 1.21 bits per heavy atom. The summed E-state index contributed by atoms with van der Waals surface area (Å²) in [6, 6.07) is 9.19. The number of pyridine rings is 1. The van der Waals surface area contributed by atoms with Gasteiger partial charge in [0, 0.05) is 23.8 Å². The number of rotatable bonds is 4. The van der Waals surface area contributed by atoms with Crippen LogP contribution in [0.2, 0.25) is 0 Å². The van der Waals surface area contributed by atoms with E-state index in [0.717, 1.165) is 12.5 Å². The molecule has 2 nitrogen and oxygen atoms in total. The van der Waals surface area contributed by atoms with E-state index in [4.69, 9.17) is 0 Å². The zero-order valence-electron chi connectivity index (χ0n) is 11.8. The second-order valence-electron chi connectivity index (χ2n) is 5.96. The lowest BCUT2D eigenvalue weighted by molar-refractivity contribution is 0.242. The lowest BCUT2D eigenvalue weighted by atomic mass is 9.69. The van der Waals surface area contributed by atoms with Crippen molar-refractivity contribution in [3.63, 3.8) is 0 Å². The van der Waals surface area contributed by atoms with E-state index >= 15 is 0 Å². The molecule has 1 fully saturated rings. The average molecular weight is 254 g/mol. The molecule has 2 heteroatoms. The van der Waals surface area contributed by atoms with E-state index in [1.54, 1.807) is 0 Å². The number of hydrogen-bond donors (Lipinski definition) is 1. The first kappa shape index (κ1) is 12.6. The monoisotopic (exact) mass is 254 g/mol. The molecule has 1 aliphatic rings. The molecule has 1 heterocycles. The van der Waals surface area contributed by atoms with Crippen LogP contribution in [0.4, 0.5) is 0 Å². The molecule has 1 saturated carbocycles. The summed E-state index contributed by atoms with van der Waals surface area (Å²) in [6.07, 6.45) is 6.70. The summed E-state index contributed by atoms with van der Waals surface area (Å²) in [5.41, 5.74) is 1.44. The fourth-order valence-electron chi connectivity index (χ4n) is 3.05. The van der Waals surface area contributed by atoms with Gasteiger partial charge in [-0.2, -0.15) is 0 Å². The largest absolute Gasteiger partial charge is 0.314 e. The normalized spacial score (nSPS) is 22.7. The summed E-state index contributed by atoms with van der Waals surface area (Å²) in [6.45, 7) is 5.56. The molecule has 0 bridgehead atoms. The van der Waals surface area contributed by atoms with E-state index in [0.29, 0.717) is 12.0 Å². The van der Waals surface area contributed by atoms with E-state index in [1.807, 2.05) is 6.20 Å². The van der Waals surface area contributed by atoms with E-state index in [2.05, 4.69) is 54.6 Å². The van der Waals surface area contributed by atoms with Crippen molar-refractivity contribution in [2.45, 2.75) is 38.6 Å². The minimum atomic E-state index is 0.576. The van der Waals surface area contributed by atoms with E-state index < -0.39 is 0 Å². The van der Waals surface area contributed by atoms with Crippen molar-refractivity contribution in [1.29, 1.82) is 0 Å². The molecule has 3 rings (SSSR count). The van der Waals surface area contributed by atoms with E-state index in [-0.39, 0.29) is 0 Å². The van der Waals surface area contributed by atoms with Crippen molar-refractivity contribution in [1.82, 2.24) is 10.3 Å². The highest BCUT2D eigenvalue weighted by Gasteiger charge is 2.32. The molecule has 1 aliphatic carbocycles. The van der Waals surface area contributed by atoms with Crippen LogP contribution < -0.4 is 5.32 Å². The predicted octanol–water partition coefficient (Wildman–Crippen LogP) is 3.73. The smallest absolute Gasteiger partial charge is 0.0346 e. The van der Waals surface area contributed by atoms with Gasteiger partial charge in [0.05, 0.1) is 0 Å². The fourth-order valence-corrected chi connectivity index (χ4v) is 3.05. The number of hydrogen-bond acceptors (Lipinski definition) is 2. The SMILES string of the molecule is CC(C)NCC1CCC1c1cncc2ccccc12. The van der Waals surface area contributed by atoms with Crippen LogP contribution in [0, 0.1) is 5.92 Å². The second-order valence-corrected chi connectivity index (χ2v) is 5.96. The van der Waals surface area contributed by atoms with Crippen molar-refractivity contribution >= 4 is 10.8 Å². The molecule has 1 aromatic carbocycles. The van der Waals surface area contributed by atoms with Crippen molar-refractivity contribution < 1.29 is 0 Å². The molecule has 2 atom stereocenters. The summed E-state index contributed by atoms with van der Waals surface area (Å²) < 4.78 is 0. The van der Waals surface area contributed by atoms with Crippen molar-refractivity contribution in [2.24, 2.45) is 5.92 Å². The molecule has 19 heavy (non-hydrogen) atoms. The molecular weight excluding hydrogens is 232 g/mol. The lowest BCUT2D eigenvalue weighted by Gasteiger charge is -2.38. The third-order valence-corrected chi connectivity index (χ3v) is 4.30. The lowest BCUT2D eigenvalue weighted by Crippen LogP contribution is -2.36. The van der Waals surface area contributed by atoms with Crippen LogP contribution in [0.3, 0.4) is 0 Å². The highest BCUT2D eigenvalue weighted by atomic mass is 14.9. The Labute approximate surface area is 115 Å². The van der Waals surface area contributed by atoms with Crippen molar-refractivity contribution in [3.8, 4) is 0 Å². The molecule has 100 valence electrons. The van der Waals surface area contributed by atoms with Crippen LogP contribution in [0.5, 0.6) is 0 Å². The van der Waals surface area contributed by atoms with Gasteiger partial charge in [-0.25, -0.2) is 0 Å². The summed E-state index contributed by atoms with van der Waals surface area (Å²) in [4.78, 5) is 4.43. The highest BCUT2D eigenvalue weighted by Crippen LogP contribution is 2.44. The van der Waals surface area contributed by atoms with Crippen LogP contribution >= 0.6 is 0 Å². The number of aromatic nitrogens is 1. The first-order chi connectivity index (χ1) is 9.25. The Morgan fingerprint density at radius 3 is 2.79 bits per heavy atom. The molecule has 1 N–H and O–H groups in total. The van der Waals surface area contributed by atoms with Crippen LogP contribution in [0.1, 0.15) is 38.2 Å². The third kappa shape index (κ3) is 2.50. The van der Waals surface area contributed by atoms with Crippen LogP contribution in [0.25, 0.3) is 10.8 Å². The quantitative estimate of drug-likeness (QED) is 0.899. The molecule has 2 unspecified atom stereocenters. The molecule has 0 spiro atoms. The Morgan fingerprint density at radius 2 is 2.05 bits per heavy atom. The molecule has 0 saturated heterocycles. The number of fused-ring (bicyclic) bond motifs is 1. The molecule has 0 aliphatic heterocycles. The maximum absolute atomic E-state index is 4.43. The van der Waals surface area contributed by atoms with Crippen molar-refractivity contribution in [2.75, 3.05) is 6.54 Å². The van der Waals surface area contributed by atoms with Gasteiger partial charge < -0.3 is 5.32 Å². The Bertz CT molecular complexity index is 557. The Hall–Kier alpha value is -1.41. The van der Waals surface area contributed by atoms with E-state index in [9.17, 15) is 0 Å².